The first-order chi connectivity index (χ1) is 37.9. The topological polar surface area (TPSA) is 129 Å². The average Bonchev–Trinajstić information content (AvgIpc) is 4.21. The first-order valence-corrected chi connectivity index (χ1v) is 33.3. The van der Waals surface area contributed by atoms with E-state index in [2.05, 4.69) is 69.2 Å². The molecule has 8 aliphatic rings. The summed E-state index contributed by atoms with van der Waals surface area (Å²) in [4.78, 5) is 18.7. The molecule has 8 N–H and O–H groups in total. The predicted octanol–water partition coefficient (Wildman–Crippen LogP) is 18.5. The van der Waals surface area contributed by atoms with Crippen molar-refractivity contribution in [3.63, 3.8) is 0 Å². The second kappa shape index (κ2) is 29.7. The van der Waals surface area contributed by atoms with E-state index in [4.69, 9.17) is 20.4 Å². The molecule has 2 aromatic carbocycles. The Hall–Kier alpha value is -2.51. The first-order valence-electron chi connectivity index (χ1n) is 33.3. The summed E-state index contributed by atoms with van der Waals surface area (Å²) in [6.45, 7) is 28.5. The normalized spacial score (nSPS) is 37.5. The van der Waals surface area contributed by atoms with Crippen molar-refractivity contribution in [3.05, 3.63) is 95.5 Å². The van der Waals surface area contributed by atoms with E-state index in [9.17, 15) is 9.59 Å². The van der Waals surface area contributed by atoms with Gasteiger partial charge in [0.05, 0.1) is 34.8 Å². The smallest absolute Gasteiger partial charge is 0.350 e. The van der Waals surface area contributed by atoms with E-state index >= 15 is 0 Å². The third-order valence-electron chi connectivity index (χ3n) is 24.6. The van der Waals surface area contributed by atoms with Crippen LogP contribution in [0.4, 0.5) is 0 Å². The molecular formula is C74H120O6Ti+4. The van der Waals surface area contributed by atoms with Gasteiger partial charge in [0.1, 0.15) is 0 Å². The van der Waals surface area contributed by atoms with Crippen molar-refractivity contribution >= 4 is 11.6 Å². The van der Waals surface area contributed by atoms with Crippen LogP contribution in [0, 0.1) is 105 Å². The Morgan fingerprint density at radius 3 is 1.15 bits per heavy atom. The van der Waals surface area contributed by atoms with Gasteiger partial charge in [0.2, 0.25) is 0 Å². The van der Waals surface area contributed by atoms with Crippen molar-refractivity contribution in [2.24, 2.45) is 105 Å². The molecule has 10 rings (SSSR count). The molecule has 0 radical (unpaired) electrons. The molecule has 452 valence electrons. The van der Waals surface area contributed by atoms with Crippen LogP contribution in [0.1, 0.15) is 248 Å². The molecule has 81 heavy (non-hydrogen) atoms. The molecule has 0 saturated heterocycles. The van der Waals surface area contributed by atoms with Gasteiger partial charge in [-0.3, -0.25) is 9.59 Å². The van der Waals surface area contributed by atoms with Gasteiger partial charge in [-0.1, -0.05) is 144 Å². The van der Waals surface area contributed by atoms with E-state index in [0.29, 0.717) is 32.8 Å². The third-order valence-corrected chi connectivity index (χ3v) is 24.6. The van der Waals surface area contributed by atoms with E-state index in [1.165, 1.54) is 180 Å². The molecule has 0 aliphatic heterocycles. The van der Waals surface area contributed by atoms with E-state index in [1.807, 2.05) is 36.4 Å². The van der Waals surface area contributed by atoms with Crippen LogP contribution in [0.2, 0.25) is 0 Å². The van der Waals surface area contributed by atoms with Gasteiger partial charge in [0.25, 0.3) is 0 Å². The maximum Gasteiger partial charge on any atom is 0.350 e. The van der Waals surface area contributed by atoms with Crippen LogP contribution < -0.4 is 0 Å². The molecule has 2 aromatic rings. The predicted molar refractivity (Wildman–Crippen MR) is 339 cm³/mol. The van der Waals surface area contributed by atoms with E-state index < -0.39 is 0 Å². The summed E-state index contributed by atoms with van der Waals surface area (Å²) in [5.41, 5.74) is 3.81. The first kappa shape index (κ1) is 67.6. The standard InChI is InChI=1S/2C27H48O.2C10H10O2.Ti/c2*1-18(2)7-6-8-19(3)23-11-12-24-22-10-9-20-17-21(28)13-15-26(20,4)25(22)14-16-27(23,24)5;2*1-8(11)7-10(12)9-5-3-2-4-6-9;/h2*18-25,28H,6-17H2,1-5H3;2*2-7,11H,1H3;/p+4/b;;2*8-7-;. The molecule has 8 aliphatic carbocycles. The number of aliphatic hydroxyl groups excluding tert-OH is 2. The van der Waals surface area contributed by atoms with Gasteiger partial charge in [0.15, 0.2) is 12.2 Å². The molecule has 7 heteroatoms. The molecule has 0 spiro atoms. The Labute approximate surface area is 509 Å². The quantitative estimate of drug-likeness (QED) is 0.0642. The van der Waals surface area contributed by atoms with Crippen LogP contribution in [0.25, 0.3) is 0 Å². The molecule has 0 heterocycles. The number of ketones is 2. The van der Waals surface area contributed by atoms with Gasteiger partial charge in [-0.25, -0.2) is 0 Å². The minimum atomic E-state index is 0. The summed E-state index contributed by atoms with van der Waals surface area (Å²) in [6, 6.07) is 18.1. The van der Waals surface area contributed by atoms with Gasteiger partial charge in [-0.15, -0.1) is 0 Å². The van der Waals surface area contributed by atoms with Crippen LogP contribution in [-0.4, -0.2) is 53.8 Å². The van der Waals surface area contributed by atoms with E-state index in [1.54, 1.807) is 24.3 Å². The SMILES string of the molecule is C/C(O)=C/C(=[OH+])c1ccccc1.C/C(O)=C/C(=[OH+])c1ccccc1.CC(C)CCCC(C)C1CCC2C3CCC4CC([OH2+])CCC4(C)C3CCC12C.CC(C)CCCC(C)C1CCC2C3CCC4CC([OH2+])CCC4(C)C3CCC12C.[Ti]. The summed E-state index contributed by atoms with van der Waals surface area (Å²) < 4.78 is 0. The Morgan fingerprint density at radius 1 is 0.481 bits per heavy atom. The van der Waals surface area contributed by atoms with Crippen LogP contribution >= 0.6 is 0 Å². The van der Waals surface area contributed by atoms with Crippen LogP contribution in [0.3, 0.4) is 0 Å². The Bertz CT molecular complexity index is 2160. The zero-order chi connectivity index (χ0) is 58.2. The van der Waals surface area contributed by atoms with Crippen molar-refractivity contribution in [3.8, 4) is 0 Å². The number of hydrogen-bond acceptors (Lipinski definition) is 2. The summed E-state index contributed by atoms with van der Waals surface area (Å²) in [6.07, 6.45) is 37.2. The van der Waals surface area contributed by atoms with Gasteiger partial charge in [-0.2, -0.15) is 0 Å². The molecule has 18 unspecified atom stereocenters. The van der Waals surface area contributed by atoms with Crippen molar-refractivity contribution in [2.45, 2.75) is 249 Å². The number of fused-ring (bicyclic) bond motifs is 10. The fourth-order valence-electron chi connectivity index (χ4n) is 20.3. The molecule has 0 aromatic heterocycles. The molecule has 18 atom stereocenters. The second-order valence-electron chi connectivity index (χ2n) is 30.4. The van der Waals surface area contributed by atoms with E-state index in [-0.39, 0.29) is 57.0 Å². The molecule has 8 fully saturated rings. The average molecular weight is 1150 g/mol. The van der Waals surface area contributed by atoms with Crippen LogP contribution in [0.15, 0.2) is 84.3 Å². The Kier molecular flexibility index (Phi) is 24.8. The Morgan fingerprint density at radius 2 is 0.815 bits per heavy atom. The molecule has 0 amide bonds. The molecular weight excluding hydrogens is 1030 g/mol. The molecule has 8 saturated carbocycles. The van der Waals surface area contributed by atoms with Gasteiger partial charge < -0.3 is 20.4 Å². The van der Waals surface area contributed by atoms with E-state index in [0.717, 1.165) is 82.9 Å². The van der Waals surface area contributed by atoms with Gasteiger partial charge in [-0.05, 0) is 233 Å². The van der Waals surface area contributed by atoms with Gasteiger partial charge in [0, 0.05) is 47.4 Å². The monoisotopic (exact) mass is 1150 g/mol. The number of allylic oxidation sites excluding steroid dienone is 4. The zero-order valence-electron chi connectivity index (χ0n) is 53.4. The van der Waals surface area contributed by atoms with Gasteiger partial charge >= 0.3 is 11.6 Å². The summed E-state index contributed by atoms with van der Waals surface area (Å²) in [5, 5.41) is 34.4. The second-order valence-corrected chi connectivity index (χ2v) is 30.4. The zero-order valence-corrected chi connectivity index (χ0v) is 55.0. The largest absolute Gasteiger partial charge is 0.512 e. The number of hydrogen-bond donors (Lipinski definition) is 2. The number of benzene rings is 2. The number of aliphatic hydroxyl groups is 2. The summed E-state index contributed by atoms with van der Waals surface area (Å²) >= 11 is 0. The van der Waals surface area contributed by atoms with Crippen molar-refractivity contribution in [1.82, 2.24) is 0 Å². The number of rotatable bonds is 14. The summed E-state index contributed by atoms with van der Waals surface area (Å²) in [7, 11) is 0. The molecule has 0 bridgehead atoms. The molecule has 6 nitrogen and oxygen atoms in total. The fraction of sp³-hybridized carbons (Fsp3) is 0.757. The summed E-state index contributed by atoms with van der Waals surface area (Å²) in [5.74, 6) is 13.6. The van der Waals surface area contributed by atoms with Crippen LogP contribution in [0.5, 0.6) is 0 Å². The minimum absolute atomic E-state index is 0. The number of carbonyl (C=O) groups excluding carboxylic acids is 2. The maximum absolute atomic E-state index is 9.37. The maximum atomic E-state index is 9.37. The Balaban J connectivity index is 0.000000186. The van der Waals surface area contributed by atoms with Crippen molar-refractivity contribution in [1.29, 1.82) is 0 Å². The minimum Gasteiger partial charge on any atom is -0.512 e. The van der Waals surface area contributed by atoms with Crippen molar-refractivity contribution < 1.29 is 51.7 Å². The fourth-order valence-corrected chi connectivity index (χ4v) is 20.3. The third kappa shape index (κ3) is 16.1. The van der Waals surface area contributed by atoms with Crippen LogP contribution in [-0.2, 0) is 21.7 Å². The van der Waals surface area contributed by atoms with Crippen molar-refractivity contribution in [2.75, 3.05) is 0 Å².